The summed E-state index contributed by atoms with van der Waals surface area (Å²) in [5.74, 6) is 0.110. The molecule has 1 amide bonds. The molecule has 0 aromatic rings. The fourth-order valence-corrected chi connectivity index (χ4v) is 1.45. The fraction of sp³-hybridized carbons (Fsp3) is 0.889. The van der Waals surface area contributed by atoms with Crippen LogP contribution >= 0.6 is 0 Å². The van der Waals surface area contributed by atoms with E-state index in [4.69, 9.17) is 5.73 Å². The first-order chi connectivity index (χ1) is 6.06. The number of nitrogens with one attached hydrogen (secondary N) is 1. The number of amides is 1. The summed E-state index contributed by atoms with van der Waals surface area (Å²) in [5, 5.41) is 2.85. The molecule has 4 nitrogen and oxygen atoms in total. The van der Waals surface area contributed by atoms with Gasteiger partial charge in [-0.05, 0) is 20.3 Å². The molecule has 1 aliphatic rings. The lowest BCUT2D eigenvalue weighted by Gasteiger charge is -2.35. The van der Waals surface area contributed by atoms with Crippen molar-refractivity contribution in [2.75, 3.05) is 26.2 Å². The van der Waals surface area contributed by atoms with Gasteiger partial charge < -0.3 is 11.1 Å². The van der Waals surface area contributed by atoms with Gasteiger partial charge in [0.15, 0.2) is 0 Å². The quantitative estimate of drug-likeness (QED) is 0.612. The number of nitrogens with zero attached hydrogens (tertiary/aromatic N) is 1. The van der Waals surface area contributed by atoms with Gasteiger partial charge in [0.05, 0.1) is 6.54 Å². The number of nitrogens with two attached hydrogens (primary N) is 1. The third-order valence-electron chi connectivity index (χ3n) is 2.62. The molecule has 3 N–H and O–H groups in total. The Labute approximate surface area is 79.5 Å². The first-order valence-corrected chi connectivity index (χ1v) is 4.78. The van der Waals surface area contributed by atoms with Gasteiger partial charge in [-0.2, -0.15) is 0 Å². The Balaban J connectivity index is 2.62. The molecule has 76 valence electrons. The molecule has 0 unspecified atom stereocenters. The SMILES string of the molecule is CC(C)(CN)N1CCCNC(=O)C1. The average molecular weight is 185 g/mol. The van der Waals surface area contributed by atoms with Crippen molar-refractivity contribution in [2.24, 2.45) is 5.73 Å². The second kappa shape index (κ2) is 4.07. The maximum atomic E-state index is 11.3. The molecule has 0 saturated carbocycles. The molecular formula is C9H19N3O. The van der Waals surface area contributed by atoms with Crippen molar-refractivity contribution in [3.05, 3.63) is 0 Å². The van der Waals surface area contributed by atoms with Crippen LogP contribution in [0.1, 0.15) is 20.3 Å². The number of hydrogen-bond donors (Lipinski definition) is 2. The van der Waals surface area contributed by atoms with Gasteiger partial charge in [-0.1, -0.05) is 0 Å². The smallest absolute Gasteiger partial charge is 0.234 e. The topological polar surface area (TPSA) is 58.4 Å². The van der Waals surface area contributed by atoms with Crippen LogP contribution in [-0.4, -0.2) is 42.5 Å². The van der Waals surface area contributed by atoms with Crippen LogP contribution in [0.5, 0.6) is 0 Å². The van der Waals surface area contributed by atoms with Gasteiger partial charge in [-0.3, -0.25) is 9.69 Å². The van der Waals surface area contributed by atoms with E-state index in [2.05, 4.69) is 24.1 Å². The summed E-state index contributed by atoms with van der Waals surface area (Å²) in [5.41, 5.74) is 5.59. The summed E-state index contributed by atoms with van der Waals surface area (Å²) >= 11 is 0. The molecular weight excluding hydrogens is 166 g/mol. The Hall–Kier alpha value is -0.610. The standard InChI is InChI=1S/C9H19N3O/c1-9(2,7-10)12-5-3-4-11-8(13)6-12/h3-7,10H2,1-2H3,(H,11,13). The summed E-state index contributed by atoms with van der Waals surface area (Å²) in [6.45, 7) is 6.95. The van der Waals surface area contributed by atoms with E-state index in [-0.39, 0.29) is 11.4 Å². The van der Waals surface area contributed by atoms with Crippen LogP contribution in [-0.2, 0) is 4.79 Å². The lowest BCUT2D eigenvalue weighted by atomic mass is 10.0. The molecule has 1 heterocycles. The van der Waals surface area contributed by atoms with E-state index in [0.29, 0.717) is 13.1 Å². The zero-order valence-electron chi connectivity index (χ0n) is 8.47. The Morgan fingerprint density at radius 1 is 1.62 bits per heavy atom. The summed E-state index contributed by atoms with van der Waals surface area (Å²) in [6.07, 6.45) is 1.01. The van der Waals surface area contributed by atoms with Gasteiger partial charge in [-0.25, -0.2) is 0 Å². The zero-order valence-corrected chi connectivity index (χ0v) is 8.47. The zero-order chi connectivity index (χ0) is 9.90. The molecule has 0 radical (unpaired) electrons. The first kappa shape index (κ1) is 10.5. The van der Waals surface area contributed by atoms with Crippen molar-refractivity contribution < 1.29 is 4.79 Å². The molecule has 0 bridgehead atoms. The molecule has 1 rings (SSSR count). The van der Waals surface area contributed by atoms with E-state index in [1.165, 1.54) is 0 Å². The van der Waals surface area contributed by atoms with Gasteiger partial charge in [0.2, 0.25) is 5.91 Å². The predicted molar refractivity (Wildman–Crippen MR) is 52.3 cm³/mol. The van der Waals surface area contributed by atoms with Crippen LogP contribution < -0.4 is 11.1 Å². The molecule has 0 aromatic heterocycles. The molecule has 1 fully saturated rings. The Bertz CT molecular complexity index is 191. The summed E-state index contributed by atoms with van der Waals surface area (Å²) < 4.78 is 0. The van der Waals surface area contributed by atoms with E-state index >= 15 is 0 Å². The van der Waals surface area contributed by atoms with Gasteiger partial charge >= 0.3 is 0 Å². The minimum absolute atomic E-state index is 0.0678. The molecule has 0 spiro atoms. The molecule has 1 saturated heterocycles. The average Bonchev–Trinajstić information content (AvgIpc) is 2.30. The maximum absolute atomic E-state index is 11.3. The minimum atomic E-state index is -0.0678. The summed E-state index contributed by atoms with van der Waals surface area (Å²) in [4.78, 5) is 13.4. The monoisotopic (exact) mass is 185 g/mol. The van der Waals surface area contributed by atoms with Crippen LogP contribution in [0.4, 0.5) is 0 Å². The number of hydrogen-bond acceptors (Lipinski definition) is 3. The third-order valence-corrected chi connectivity index (χ3v) is 2.62. The van der Waals surface area contributed by atoms with Gasteiger partial charge in [0, 0.05) is 25.2 Å². The van der Waals surface area contributed by atoms with Gasteiger partial charge in [0.25, 0.3) is 0 Å². The van der Waals surface area contributed by atoms with Crippen LogP contribution in [0.2, 0.25) is 0 Å². The van der Waals surface area contributed by atoms with Crippen LogP contribution in [0.3, 0.4) is 0 Å². The second-order valence-corrected chi connectivity index (χ2v) is 4.14. The van der Waals surface area contributed by atoms with E-state index in [1.54, 1.807) is 0 Å². The van der Waals surface area contributed by atoms with E-state index in [0.717, 1.165) is 19.5 Å². The molecule has 1 aliphatic heterocycles. The van der Waals surface area contributed by atoms with Crippen molar-refractivity contribution in [3.63, 3.8) is 0 Å². The third kappa shape index (κ3) is 2.67. The van der Waals surface area contributed by atoms with E-state index in [1.807, 2.05) is 0 Å². The van der Waals surface area contributed by atoms with Gasteiger partial charge in [-0.15, -0.1) is 0 Å². The Morgan fingerprint density at radius 3 is 2.92 bits per heavy atom. The van der Waals surface area contributed by atoms with E-state index in [9.17, 15) is 4.79 Å². The highest BCUT2D eigenvalue weighted by Crippen LogP contribution is 2.13. The summed E-state index contributed by atoms with van der Waals surface area (Å²) in [6, 6.07) is 0. The molecule has 0 atom stereocenters. The molecule has 0 aromatic carbocycles. The van der Waals surface area contributed by atoms with Crippen molar-refractivity contribution in [1.82, 2.24) is 10.2 Å². The van der Waals surface area contributed by atoms with Crippen molar-refractivity contribution in [1.29, 1.82) is 0 Å². The number of rotatable bonds is 2. The highest BCUT2D eigenvalue weighted by atomic mass is 16.2. The lowest BCUT2D eigenvalue weighted by molar-refractivity contribution is -0.122. The van der Waals surface area contributed by atoms with Crippen molar-refractivity contribution in [3.8, 4) is 0 Å². The fourth-order valence-electron chi connectivity index (χ4n) is 1.45. The summed E-state index contributed by atoms with van der Waals surface area (Å²) in [7, 11) is 0. The van der Waals surface area contributed by atoms with Crippen molar-refractivity contribution in [2.45, 2.75) is 25.8 Å². The van der Waals surface area contributed by atoms with Gasteiger partial charge in [0.1, 0.15) is 0 Å². The predicted octanol–water partition coefficient (Wildman–Crippen LogP) is -0.454. The maximum Gasteiger partial charge on any atom is 0.234 e. The lowest BCUT2D eigenvalue weighted by Crippen LogP contribution is -2.51. The second-order valence-electron chi connectivity index (χ2n) is 4.14. The molecule has 13 heavy (non-hydrogen) atoms. The number of carbonyl (C=O) groups is 1. The van der Waals surface area contributed by atoms with Crippen LogP contribution in [0.25, 0.3) is 0 Å². The molecule has 0 aliphatic carbocycles. The number of carbonyl (C=O) groups excluding carboxylic acids is 1. The minimum Gasteiger partial charge on any atom is -0.355 e. The Kier molecular flexibility index (Phi) is 3.27. The highest BCUT2D eigenvalue weighted by molar-refractivity contribution is 5.78. The first-order valence-electron chi connectivity index (χ1n) is 4.78. The highest BCUT2D eigenvalue weighted by Gasteiger charge is 2.27. The van der Waals surface area contributed by atoms with Crippen LogP contribution in [0, 0.1) is 0 Å². The largest absolute Gasteiger partial charge is 0.355 e. The normalized spacial score (nSPS) is 21.0. The van der Waals surface area contributed by atoms with Crippen LogP contribution in [0.15, 0.2) is 0 Å². The van der Waals surface area contributed by atoms with E-state index < -0.39 is 0 Å². The Morgan fingerprint density at radius 2 is 2.31 bits per heavy atom. The van der Waals surface area contributed by atoms with Crippen molar-refractivity contribution >= 4 is 5.91 Å². The molecule has 4 heteroatoms.